The molecule has 4 amide bonds. The largest absolute Gasteiger partial charge is 0.480 e. The molecule has 230 valence electrons. The van der Waals surface area contributed by atoms with Crippen molar-refractivity contribution in [2.24, 2.45) is 5.73 Å². The maximum atomic E-state index is 13.3. The van der Waals surface area contributed by atoms with Crippen LogP contribution in [0, 0.1) is 6.92 Å². The van der Waals surface area contributed by atoms with E-state index >= 15 is 0 Å². The number of carboxylic acids is 1. The number of fused-ring (bicyclic) bond motifs is 1. The van der Waals surface area contributed by atoms with Crippen LogP contribution in [-0.4, -0.2) is 70.9 Å². The Hall–Kier alpha value is -4.71. The molecule has 0 saturated carbocycles. The van der Waals surface area contributed by atoms with Gasteiger partial charge in [-0.3, -0.25) is 24.0 Å². The van der Waals surface area contributed by atoms with Gasteiger partial charge in [0.2, 0.25) is 23.6 Å². The number of nitrogens with one attached hydrogen (secondary N) is 5. The molecule has 2 aromatic carbocycles. The van der Waals surface area contributed by atoms with Gasteiger partial charge in [0.15, 0.2) is 0 Å². The number of carbonyl (C=O) groups is 5. The molecular weight excluding hydrogens is 552 g/mol. The van der Waals surface area contributed by atoms with Crippen molar-refractivity contribution in [3.63, 3.8) is 0 Å². The molecule has 12 heteroatoms. The number of aromatic nitrogens is 1. The molecule has 1 aromatic heterocycles. The Bertz CT molecular complexity index is 1450. The number of nitrogens with two attached hydrogens (primary N) is 1. The number of para-hydroxylation sites is 1. The van der Waals surface area contributed by atoms with Crippen molar-refractivity contribution < 1.29 is 29.1 Å². The van der Waals surface area contributed by atoms with Crippen molar-refractivity contribution in [3.05, 3.63) is 59.7 Å². The van der Waals surface area contributed by atoms with Crippen LogP contribution in [0.1, 0.15) is 44.2 Å². The van der Waals surface area contributed by atoms with Crippen molar-refractivity contribution in [1.82, 2.24) is 26.3 Å². The van der Waals surface area contributed by atoms with Gasteiger partial charge in [-0.1, -0.05) is 48.0 Å². The van der Waals surface area contributed by atoms with Crippen LogP contribution in [0.5, 0.6) is 0 Å². The third kappa shape index (κ3) is 9.40. The highest BCUT2D eigenvalue weighted by molar-refractivity contribution is 5.95. The molecule has 0 aliphatic rings. The number of hydrogen-bond donors (Lipinski definition) is 7. The minimum absolute atomic E-state index is 0.0404. The second kappa shape index (κ2) is 15.5. The van der Waals surface area contributed by atoms with Crippen molar-refractivity contribution in [2.75, 3.05) is 13.1 Å². The Morgan fingerprint density at radius 1 is 0.907 bits per heavy atom. The lowest BCUT2D eigenvalue weighted by Crippen LogP contribution is -2.54. The van der Waals surface area contributed by atoms with Crippen molar-refractivity contribution in [2.45, 2.75) is 64.6 Å². The summed E-state index contributed by atoms with van der Waals surface area (Å²) in [4.78, 5) is 65.6. The van der Waals surface area contributed by atoms with Crippen LogP contribution in [0.15, 0.2) is 48.5 Å². The first-order valence-corrected chi connectivity index (χ1v) is 14.2. The molecule has 43 heavy (non-hydrogen) atoms. The molecule has 0 unspecified atom stereocenters. The lowest BCUT2D eigenvalue weighted by atomic mass is 9.97. The minimum Gasteiger partial charge on any atom is -0.480 e. The van der Waals surface area contributed by atoms with Gasteiger partial charge < -0.3 is 37.1 Å². The van der Waals surface area contributed by atoms with Gasteiger partial charge in [0.1, 0.15) is 18.1 Å². The average molecular weight is 593 g/mol. The van der Waals surface area contributed by atoms with Gasteiger partial charge in [-0.05, 0) is 56.8 Å². The summed E-state index contributed by atoms with van der Waals surface area (Å²) >= 11 is 0. The van der Waals surface area contributed by atoms with E-state index in [1.165, 1.54) is 13.8 Å². The highest BCUT2D eigenvalue weighted by atomic mass is 16.4. The second-order valence-corrected chi connectivity index (χ2v) is 10.5. The van der Waals surface area contributed by atoms with Crippen LogP contribution in [-0.2, 0) is 30.4 Å². The van der Waals surface area contributed by atoms with Crippen molar-refractivity contribution in [3.8, 4) is 11.3 Å². The first kappa shape index (κ1) is 32.8. The molecule has 12 nitrogen and oxygen atoms in total. The van der Waals surface area contributed by atoms with E-state index in [-0.39, 0.29) is 12.3 Å². The lowest BCUT2D eigenvalue weighted by Gasteiger charge is -2.21. The van der Waals surface area contributed by atoms with Crippen LogP contribution in [0.2, 0.25) is 0 Å². The molecule has 0 aliphatic heterocycles. The maximum absolute atomic E-state index is 13.3. The number of aryl methyl sites for hydroxylation is 1. The van der Waals surface area contributed by atoms with E-state index in [4.69, 9.17) is 5.73 Å². The van der Waals surface area contributed by atoms with Crippen LogP contribution < -0.4 is 27.0 Å². The van der Waals surface area contributed by atoms with Crippen LogP contribution in [0.4, 0.5) is 0 Å². The van der Waals surface area contributed by atoms with E-state index in [0.29, 0.717) is 25.8 Å². The lowest BCUT2D eigenvalue weighted by molar-refractivity contribution is -0.141. The molecule has 0 saturated heterocycles. The summed E-state index contributed by atoms with van der Waals surface area (Å²) in [7, 11) is 0. The van der Waals surface area contributed by atoms with Gasteiger partial charge in [-0.2, -0.15) is 0 Å². The third-order valence-corrected chi connectivity index (χ3v) is 7.01. The maximum Gasteiger partial charge on any atom is 0.325 e. The zero-order chi connectivity index (χ0) is 31.5. The second-order valence-electron chi connectivity index (χ2n) is 10.5. The Labute approximate surface area is 250 Å². The number of benzene rings is 2. The smallest absolute Gasteiger partial charge is 0.325 e. The van der Waals surface area contributed by atoms with Gasteiger partial charge in [-0.15, -0.1) is 0 Å². The normalized spacial score (nSPS) is 13.0. The molecule has 3 aromatic rings. The SMILES string of the molecule is CC(=O)N[C@@H](CCCCN)C(=O)NCC(=O)N[C@@H](Cc1c(-c2ccc(C)cc2)[nH]c2ccccc12)C(=O)N[C@@H](C)C(=O)O. The predicted octanol–water partition coefficient (Wildman–Crippen LogP) is 1.51. The fraction of sp³-hybridized carbons (Fsp3) is 0.387. The van der Waals surface area contributed by atoms with Crippen LogP contribution in [0.25, 0.3) is 22.2 Å². The molecule has 3 rings (SSSR count). The molecule has 0 radical (unpaired) electrons. The van der Waals surface area contributed by atoms with Crippen LogP contribution in [0.3, 0.4) is 0 Å². The van der Waals surface area contributed by atoms with E-state index in [2.05, 4.69) is 26.3 Å². The van der Waals surface area contributed by atoms with E-state index in [1.807, 2.05) is 55.5 Å². The topological polar surface area (TPSA) is 196 Å². The Morgan fingerprint density at radius 3 is 2.26 bits per heavy atom. The van der Waals surface area contributed by atoms with Crippen molar-refractivity contribution >= 4 is 40.5 Å². The monoisotopic (exact) mass is 592 g/mol. The zero-order valence-electron chi connectivity index (χ0n) is 24.7. The molecule has 0 aliphatic carbocycles. The Kier molecular flexibility index (Phi) is 11.8. The van der Waals surface area contributed by atoms with E-state index in [1.54, 1.807) is 0 Å². The quantitative estimate of drug-likeness (QED) is 0.130. The van der Waals surface area contributed by atoms with E-state index in [0.717, 1.165) is 33.3 Å². The Morgan fingerprint density at radius 2 is 1.60 bits per heavy atom. The highest BCUT2D eigenvalue weighted by Crippen LogP contribution is 2.31. The first-order valence-electron chi connectivity index (χ1n) is 14.2. The summed E-state index contributed by atoms with van der Waals surface area (Å²) in [5, 5.41) is 20.4. The molecule has 0 spiro atoms. The number of unbranched alkanes of at least 4 members (excludes halogenated alkanes) is 1. The summed E-state index contributed by atoms with van der Waals surface area (Å²) < 4.78 is 0. The average Bonchev–Trinajstić information content (AvgIpc) is 3.33. The molecule has 8 N–H and O–H groups in total. The summed E-state index contributed by atoms with van der Waals surface area (Å²) in [5.74, 6) is -3.49. The standard InChI is InChI=1S/C31H40N6O6/c1-18-11-13-21(14-12-18)28-23(22-8-4-5-9-24(22)37-28)16-26(30(41)34-19(2)31(42)43)36-27(39)17-33-29(40)25(35-20(3)38)10-6-7-15-32/h4-5,8-9,11-14,19,25-26,37H,6-7,10,15-17,32H2,1-3H3,(H,33,40)(H,34,41)(H,35,38)(H,36,39)(H,42,43)/t19-,25-,26-/m0/s1. The number of aliphatic carboxylic acids is 1. The first-order chi connectivity index (χ1) is 20.5. The number of aromatic amines is 1. The summed E-state index contributed by atoms with van der Waals surface area (Å²) in [6, 6.07) is 12.2. The molecule has 0 bridgehead atoms. The van der Waals surface area contributed by atoms with E-state index in [9.17, 15) is 29.1 Å². The van der Waals surface area contributed by atoms with Gasteiger partial charge in [0, 0.05) is 29.9 Å². The molecule has 3 atom stereocenters. The number of carboxylic acid groups (broad SMARTS) is 1. The Balaban J connectivity index is 1.85. The van der Waals surface area contributed by atoms with Gasteiger partial charge in [0.05, 0.1) is 6.54 Å². The molecular formula is C31H40N6O6. The zero-order valence-corrected chi connectivity index (χ0v) is 24.7. The number of carbonyl (C=O) groups excluding carboxylic acids is 4. The third-order valence-electron chi connectivity index (χ3n) is 7.01. The highest BCUT2D eigenvalue weighted by Gasteiger charge is 2.28. The predicted molar refractivity (Wildman–Crippen MR) is 163 cm³/mol. The number of amides is 4. The van der Waals surface area contributed by atoms with Gasteiger partial charge in [0.25, 0.3) is 0 Å². The fourth-order valence-corrected chi connectivity index (χ4v) is 4.71. The number of H-pyrrole nitrogens is 1. The summed E-state index contributed by atoms with van der Waals surface area (Å²) in [6.07, 6.45) is 1.68. The summed E-state index contributed by atoms with van der Waals surface area (Å²) in [6.45, 7) is 4.60. The molecule has 1 heterocycles. The van der Waals surface area contributed by atoms with Gasteiger partial charge in [-0.25, -0.2) is 0 Å². The fourth-order valence-electron chi connectivity index (χ4n) is 4.71. The van der Waals surface area contributed by atoms with Gasteiger partial charge >= 0.3 is 5.97 Å². The van der Waals surface area contributed by atoms with Crippen molar-refractivity contribution in [1.29, 1.82) is 0 Å². The van der Waals surface area contributed by atoms with Crippen LogP contribution >= 0.6 is 0 Å². The minimum atomic E-state index is -1.23. The van der Waals surface area contributed by atoms with E-state index < -0.39 is 48.4 Å². The molecule has 0 fully saturated rings. The summed E-state index contributed by atoms with van der Waals surface area (Å²) in [5.41, 5.74) is 9.85. The number of rotatable bonds is 15. The number of hydrogen-bond acceptors (Lipinski definition) is 6.